The van der Waals surface area contributed by atoms with Gasteiger partial charge in [0, 0.05) is 57.6 Å². The molecule has 1 amide bonds. The summed E-state index contributed by atoms with van der Waals surface area (Å²) in [7, 11) is 0. The monoisotopic (exact) mass is 519 g/mol. The Hall–Kier alpha value is -2.35. The Balaban J connectivity index is 1.28. The molecule has 2 saturated heterocycles. The normalized spacial score (nSPS) is 30.0. The van der Waals surface area contributed by atoms with Crippen molar-refractivity contribution in [3.8, 4) is 0 Å². The second kappa shape index (κ2) is 10.8. The Bertz CT molecular complexity index is 1230. The minimum Gasteiger partial charge on any atom is -0.349 e. The van der Waals surface area contributed by atoms with Gasteiger partial charge >= 0.3 is 0 Å². The number of benzene rings is 1. The zero-order valence-electron chi connectivity index (χ0n) is 27.4. The lowest BCUT2D eigenvalue weighted by Gasteiger charge is -2.40. The van der Waals surface area contributed by atoms with Crippen molar-refractivity contribution < 1.29 is 21.8 Å². The summed E-state index contributed by atoms with van der Waals surface area (Å²) in [6.07, 6.45) is 3.90. The quantitative estimate of drug-likeness (QED) is 0.468. The number of nitrogens with one attached hydrogen (secondary N) is 1. The van der Waals surface area contributed by atoms with E-state index in [9.17, 15) is 13.6 Å². The first-order valence-electron chi connectivity index (χ1n) is 16.5. The minimum absolute atomic E-state index is 0.00248. The Morgan fingerprint density at radius 2 is 1.76 bits per heavy atom. The van der Waals surface area contributed by atoms with Gasteiger partial charge in [-0.1, -0.05) is 44.0 Å². The molecule has 2 aromatic rings. The lowest BCUT2D eigenvalue weighted by Crippen LogP contribution is -2.45. The van der Waals surface area contributed by atoms with Crippen LogP contribution in [0.5, 0.6) is 0 Å². The molecule has 202 valence electrons. The van der Waals surface area contributed by atoms with Gasteiger partial charge in [0.05, 0.1) is 6.04 Å². The van der Waals surface area contributed by atoms with Gasteiger partial charge in [0.15, 0.2) is 0 Å². The van der Waals surface area contributed by atoms with E-state index in [0.717, 1.165) is 37.8 Å². The van der Waals surface area contributed by atoms with Gasteiger partial charge in [0.1, 0.15) is 11.6 Å². The van der Waals surface area contributed by atoms with Gasteiger partial charge in [-0.05, 0) is 57.4 Å². The second-order valence-corrected chi connectivity index (χ2v) is 11.0. The summed E-state index contributed by atoms with van der Waals surface area (Å²) in [6.45, 7) is -3.04. The first-order chi connectivity index (χ1) is 20.1. The third-order valence-electron chi connectivity index (χ3n) is 8.66. The maximum atomic E-state index is 13.7. The van der Waals surface area contributed by atoms with E-state index in [1.54, 1.807) is 11.5 Å². The van der Waals surface area contributed by atoms with Crippen LogP contribution in [0.15, 0.2) is 30.3 Å². The maximum absolute atomic E-state index is 13.7. The second-order valence-electron chi connectivity index (χ2n) is 11.0. The van der Waals surface area contributed by atoms with Gasteiger partial charge in [0.2, 0.25) is 11.8 Å². The maximum Gasteiger partial charge on any atom is 0.248 e. The van der Waals surface area contributed by atoms with Crippen LogP contribution in [0, 0.1) is 12.8 Å². The first-order valence-corrected chi connectivity index (χ1v) is 13.5. The Labute approximate surface area is 227 Å². The lowest BCUT2D eigenvalue weighted by molar-refractivity contribution is -0.130. The van der Waals surface area contributed by atoms with Crippen molar-refractivity contribution in [2.45, 2.75) is 114 Å². The molecular weight excluding hydrogens is 472 g/mol. The van der Waals surface area contributed by atoms with Crippen LogP contribution < -0.4 is 5.32 Å². The van der Waals surface area contributed by atoms with E-state index in [2.05, 4.69) is 20.4 Å². The molecule has 0 radical (unpaired) electrons. The number of aryl methyl sites for hydroxylation is 1. The number of alkyl halides is 2. The van der Waals surface area contributed by atoms with Crippen molar-refractivity contribution in [2.75, 3.05) is 6.54 Å². The molecule has 2 aliphatic heterocycles. The molecule has 1 unspecified atom stereocenters. The number of carbonyl (C=O) groups excluding carboxylic acids is 1. The van der Waals surface area contributed by atoms with Crippen LogP contribution in [0.3, 0.4) is 0 Å². The predicted molar refractivity (Wildman–Crippen MR) is 139 cm³/mol. The molecule has 1 aromatic heterocycles. The highest BCUT2D eigenvalue weighted by atomic mass is 19.3. The zero-order valence-corrected chi connectivity index (χ0v) is 21.4. The topological polar surface area (TPSA) is 63.1 Å². The first kappa shape index (κ1) is 19.7. The van der Waals surface area contributed by atoms with Gasteiger partial charge in [-0.25, -0.2) is 8.78 Å². The number of nitrogens with zero attached hydrogens (tertiary/aromatic N) is 4. The van der Waals surface area contributed by atoms with Crippen molar-refractivity contribution >= 4 is 5.91 Å². The summed E-state index contributed by atoms with van der Waals surface area (Å²) >= 11 is 0. The zero-order chi connectivity index (χ0) is 31.2. The van der Waals surface area contributed by atoms with E-state index < -0.39 is 31.5 Å². The van der Waals surface area contributed by atoms with Crippen molar-refractivity contribution in [3.63, 3.8) is 0 Å². The van der Waals surface area contributed by atoms with E-state index in [1.165, 1.54) is 0 Å². The molecule has 0 spiro atoms. The SMILES string of the molecule is [2H]C([2H])([2H])C(c1nnc(C)n1C1C[C@H]2CC[C@@H](C1)N2CC[C@H](NC(=O)C1CCC(F)(F)CC1)c1ccccc1)C([2H])([2H])[2H]. The number of piperidine rings is 1. The molecule has 4 atom stereocenters. The van der Waals surface area contributed by atoms with E-state index in [4.69, 9.17) is 8.22 Å². The molecule has 37 heavy (non-hydrogen) atoms. The van der Waals surface area contributed by atoms with E-state index in [0.29, 0.717) is 12.2 Å². The largest absolute Gasteiger partial charge is 0.349 e. The molecule has 3 heterocycles. The molecule has 3 aliphatic rings. The Morgan fingerprint density at radius 1 is 1.08 bits per heavy atom. The van der Waals surface area contributed by atoms with Crippen molar-refractivity contribution in [3.05, 3.63) is 47.5 Å². The smallest absolute Gasteiger partial charge is 0.248 e. The third-order valence-corrected chi connectivity index (χ3v) is 8.66. The summed E-state index contributed by atoms with van der Waals surface area (Å²) in [5, 5.41) is 11.4. The van der Waals surface area contributed by atoms with Gasteiger partial charge in [-0.3, -0.25) is 9.69 Å². The van der Waals surface area contributed by atoms with Crippen molar-refractivity contribution in [2.24, 2.45) is 5.92 Å². The highest BCUT2D eigenvalue weighted by Crippen LogP contribution is 2.42. The van der Waals surface area contributed by atoms with Gasteiger partial charge < -0.3 is 9.88 Å². The number of aromatic nitrogens is 3. The van der Waals surface area contributed by atoms with Gasteiger partial charge in [0.25, 0.3) is 0 Å². The summed E-state index contributed by atoms with van der Waals surface area (Å²) in [5.74, 6) is -4.47. The fourth-order valence-corrected chi connectivity index (χ4v) is 6.73. The molecule has 6 nitrogen and oxygen atoms in total. The van der Waals surface area contributed by atoms with Crippen LogP contribution in [0.25, 0.3) is 0 Å². The molecule has 1 aliphatic carbocycles. The number of amides is 1. The average molecular weight is 520 g/mol. The molecule has 2 bridgehead atoms. The predicted octanol–water partition coefficient (Wildman–Crippen LogP) is 5.95. The van der Waals surface area contributed by atoms with Crippen LogP contribution in [0.1, 0.15) is 115 Å². The summed E-state index contributed by atoms with van der Waals surface area (Å²) < 4.78 is 76.8. The lowest BCUT2D eigenvalue weighted by atomic mass is 9.86. The van der Waals surface area contributed by atoms with Crippen LogP contribution in [0.2, 0.25) is 0 Å². The number of halogens is 2. The molecular formula is C29H41F2N5O. The molecule has 3 fully saturated rings. The molecule has 1 N–H and O–H groups in total. The van der Waals surface area contributed by atoms with Crippen LogP contribution in [0.4, 0.5) is 8.78 Å². The number of hydrogen-bond acceptors (Lipinski definition) is 4. The fourth-order valence-electron chi connectivity index (χ4n) is 6.73. The number of hydrogen-bond donors (Lipinski definition) is 1. The molecule has 1 aromatic carbocycles. The summed E-state index contributed by atoms with van der Waals surface area (Å²) in [5.41, 5.74) is 0.976. The fraction of sp³-hybridized carbons (Fsp3) is 0.690. The Morgan fingerprint density at radius 3 is 2.41 bits per heavy atom. The van der Waals surface area contributed by atoms with Crippen LogP contribution >= 0.6 is 0 Å². The highest BCUT2D eigenvalue weighted by molar-refractivity contribution is 5.79. The van der Waals surface area contributed by atoms with E-state index in [1.807, 2.05) is 30.3 Å². The molecule has 8 heteroatoms. The van der Waals surface area contributed by atoms with Crippen molar-refractivity contribution in [1.82, 2.24) is 25.0 Å². The van der Waals surface area contributed by atoms with Gasteiger partial charge in [-0.15, -0.1) is 10.2 Å². The Kier molecular flexibility index (Phi) is 5.74. The van der Waals surface area contributed by atoms with Crippen LogP contribution in [-0.2, 0) is 4.79 Å². The highest BCUT2D eigenvalue weighted by Gasteiger charge is 2.42. The van der Waals surface area contributed by atoms with E-state index in [-0.39, 0.29) is 61.6 Å². The average Bonchev–Trinajstić information content (AvgIpc) is 3.39. The molecule has 5 rings (SSSR count). The third kappa shape index (κ3) is 5.74. The summed E-state index contributed by atoms with van der Waals surface area (Å²) in [6, 6.07) is 9.79. The standard InChI is InChI=1S/C29H41F2N5O/c1-19(2)27-34-33-20(3)36(27)25-17-23-9-10-24(18-25)35(23)16-13-26(21-7-5-4-6-8-21)32-28(37)22-11-14-29(30,31)15-12-22/h4-8,19,22-26H,9-18H2,1-3H3,(H,32,37)/t23-,24+,25?,26-/m0/s1/i1D3,2D3. The number of fused-ring (bicyclic) bond motifs is 2. The molecule has 1 saturated carbocycles. The minimum atomic E-state index is -2.75. The van der Waals surface area contributed by atoms with Crippen LogP contribution in [-0.4, -0.2) is 50.1 Å². The van der Waals surface area contributed by atoms with Crippen molar-refractivity contribution in [1.29, 1.82) is 0 Å². The van der Waals surface area contributed by atoms with E-state index >= 15 is 0 Å². The number of rotatable bonds is 8. The number of carbonyl (C=O) groups is 1. The summed E-state index contributed by atoms with van der Waals surface area (Å²) in [4.78, 5) is 15.6. The van der Waals surface area contributed by atoms with Gasteiger partial charge in [-0.2, -0.15) is 0 Å².